The first-order valence-corrected chi connectivity index (χ1v) is 12.7. The second-order valence-electron chi connectivity index (χ2n) is 9.23. The van der Waals surface area contributed by atoms with E-state index in [2.05, 4.69) is 50.8 Å². The van der Waals surface area contributed by atoms with Gasteiger partial charge in [-0.3, -0.25) is 14.7 Å². The third-order valence-electron chi connectivity index (χ3n) is 5.45. The maximum atomic E-state index is 12.9. The fourth-order valence-corrected chi connectivity index (χ4v) is 4.33. The summed E-state index contributed by atoms with van der Waals surface area (Å²) < 4.78 is 28.2. The molecule has 0 aliphatic carbocycles. The molecule has 2 aromatic carbocycles. The van der Waals surface area contributed by atoms with Gasteiger partial charge >= 0.3 is 5.56 Å². The van der Waals surface area contributed by atoms with Gasteiger partial charge in [0.25, 0.3) is 15.9 Å². The van der Waals surface area contributed by atoms with E-state index in [1.807, 2.05) is 12.1 Å². The van der Waals surface area contributed by atoms with Gasteiger partial charge in [-0.25, -0.2) is 23.1 Å². The van der Waals surface area contributed by atoms with Crippen molar-refractivity contribution in [1.29, 1.82) is 0 Å². The lowest BCUT2D eigenvalue weighted by Gasteiger charge is -2.18. The van der Waals surface area contributed by atoms with Crippen LogP contribution < -0.4 is 10.3 Å². The quantitative estimate of drug-likeness (QED) is 0.358. The maximum absolute atomic E-state index is 12.9. The highest BCUT2D eigenvalue weighted by molar-refractivity contribution is 7.92. The number of hydrogen-bond acceptors (Lipinski definition) is 8. The van der Waals surface area contributed by atoms with Crippen molar-refractivity contribution in [2.24, 2.45) is 10.2 Å². The van der Waals surface area contributed by atoms with Crippen LogP contribution in [0, 0.1) is 6.92 Å². The summed E-state index contributed by atoms with van der Waals surface area (Å²) in [6, 6.07) is 14.2. The summed E-state index contributed by atoms with van der Waals surface area (Å²) in [6.45, 7) is 7.82. The van der Waals surface area contributed by atoms with Gasteiger partial charge in [-0.15, -0.1) is 5.11 Å². The van der Waals surface area contributed by atoms with E-state index in [4.69, 9.17) is 0 Å². The molecule has 0 spiro atoms. The summed E-state index contributed by atoms with van der Waals surface area (Å²) in [6.07, 6.45) is 2.84. The topological polar surface area (TPSA) is 152 Å². The zero-order valence-electron chi connectivity index (χ0n) is 20.6. The number of benzene rings is 2. The maximum Gasteiger partial charge on any atom is 0.302 e. The Kier molecular flexibility index (Phi) is 6.86. The number of anilines is 1. The normalized spacial score (nSPS) is 12.1. The van der Waals surface area contributed by atoms with E-state index in [-0.39, 0.29) is 21.9 Å². The van der Waals surface area contributed by atoms with Gasteiger partial charge in [-0.1, -0.05) is 32.9 Å². The number of aromatic amines is 1. The largest absolute Gasteiger partial charge is 0.302 e. The molecular weight excluding hydrogens is 494 g/mol. The summed E-state index contributed by atoms with van der Waals surface area (Å²) in [5.74, 6) is -0.565. The third-order valence-corrected chi connectivity index (χ3v) is 6.79. The first kappa shape index (κ1) is 25.6. The van der Waals surface area contributed by atoms with Gasteiger partial charge < -0.3 is 0 Å². The third kappa shape index (κ3) is 5.70. The van der Waals surface area contributed by atoms with Gasteiger partial charge in [0.1, 0.15) is 0 Å². The van der Waals surface area contributed by atoms with Crippen molar-refractivity contribution in [2.45, 2.75) is 38.0 Å². The van der Waals surface area contributed by atoms with Crippen molar-refractivity contribution in [1.82, 2.24) is 19.7 Å². The van der Waals surface area contributed by atoms with Crippen LogP contribution in [0.3, 0.4) is 0 Å². The molecule has 37 heavy (non-hydrogen) atoms. The molecule has 2 N–H and O–H groups in total. The average molecular weight is 520 g/mol. The van der Waals surface area contributed by atoms with E-state index in [0.717, 1.165) is 10.2 Å². The lowest BCUT2D eigenvalue weighted by molar-refractivity contribution is 0.0941. The Balaban J connectivity index is 1.52. The molecule has 4 aromatic rings. The molecule has 2 heterocycles. The van der Waals surface area contributed by atoms with Crippen molar-refractivity contribution in [3.8, 4) is 0 Å². The van der Waals surface area contributed by atoms with Crippen LogP contribution in [0.1, 0.15) is 42.4 Å². The molecule has 2 aromatic heterocycles. The molecule has 11 nitrogen and oxygen atoms in total. The molecule has 0 amide bonds. The minimum absolute atomic E-state index is 0.0258. The summed E-state index contributed by atoms with van der Waals surface area (Å²) in [4.78, 5) is 33.4. The molecule has 0 fully saturated rings. The smallest absolute Gasteiger partial charge is 0.290 e. The molecule has 0 radical (unpaired) electrons. The highest BCUT2D eigenvalue weighted by Crippen LogP contribution is 2.23. The number of sulfonamides is 1. The summed E-state index contributed by atoms with van der Waals surface area (Å²) >= 11 is 0. The number of H-pyrrole nitrogens is 1. The van der Waals surface area contributed by atoms with Gasteiger partial charge in [-0.2, -0.15) is 9.80 Å². The predicted molar refractivity (Wildman–Crippen MR) is 138 cm³/mol. The Labute approximate surface area is 213 Å². The Morgan fingerprint density at radius 2 is 1.59 bits per heavy atom. The second-order valence-corrected chi connectivity index (χ2v) is 10.9. The van der Waals surface area contributed by atoms with Crippen LogP contribution in [0.4, 0.5) is 17.3 Å². The Morgan fingerprint density at radius 3 is 2.19 bits per heavy atom. The van der Waals surface area contributed by atoms with E-state index in [1.54, 1.807) is 25.1 Å². The van der Waals surface area contributed by atoms with Crippen molar-refractivity contribution in [3.63, 3.8) is 0 Å². The van der Waals surface area contributed by atoms with Crippen molar-refractivity contribution in [3.05, 3.63) is 94.2 Å². The fraction of sp³-hybridized carbons (Fsp3) is 0.200. The molecule has 0 bridgehead atoms. The number of aromatic nitrogens is 4. The molecular formula is C25H25N7O4S. The monoisotopic (exact) mass is 519 g/mol. The first-order chi connectivity index (χ1) is 17.5. The van der Waals surface area contributed by atoms with Crippen molar-refractivity contribution in [2.75, 3.05) is 4.72 Å². The first-order valence-electron chi connectivity index (χ1n) is 11.2. The van der Waals surface area contributed by atoms with Crippen LogP contribution >= 0.6 is 0 Å². The lowest BCUT2D eigenvalue weighted by Crippen LogP contribution is -2.25. The van der Waals surface area contributed by atoms with Crippen LogP contribution in [-0.2, 0) is 15.4 Å². The zero-order chi connectivity index (χ0) is 26.8. The Bertz CT molecular complexity index is 1620. The van der Waals surface area contributed by atoms with Gasteiger partial charge in [0.15, 0.2) is 5.69 Å². The molecule has 0 unspecified atom stereocenters. The number of carbonyl (C=O) groups is 1. The highest BCUT2D eigenvalue weighted by Gasteiger charge is 2.20. The predicted octanol–water partition coefficient (Wildman–Crippen LogP) is 4.48. The molecule has 0 aliphatic rings. The highest BCUT2D eigenvalue weighted by atomic mass is 32.2. The van der Waals surface area contributed by atoms with E-state index in [0.29, 0.717) is 16.9 Å². The summed E-state index contributed by atoms with van der Waals surface area (Å²) in [7, 11) is -3.90. The van der Waals surface area contributed by atoms with Crippen LogP contribution in [0.5, 0.6) is 0 Å². The van der Waals surface area contributed by atoms with Crippen molar-refractivity contribution < 1.29 is 13.2 Å². The van der Waals surface area contributed by atoms with Gasteiger partial charge in [0.2, 0.25) is 5.95 Å². The van der Waals surface area contributed by atoms with Crippen LogP contribution in [0.15, 0.2) is 86.9 Å². The number of carbonyl (C=O) groups excluding carboxylic acids is 1. The van der Waals surface area contributed by atoms with Crippen LogP contribution in [-0.4, -0.2) is 34.1 Å². The number of nitrogens with zero attached hydrogens (tertiary/aromatic N) is 5. The van der Waals surface area contributed by atoms with Crippen LogP contribution in [0.25, 0.3) is 0 Å². The summed E-state index contributed by atoms with van der Waals surface area (Å²) in [5, 5.41) is 10.8. The second kappa shape index (κ2) is 9.90. The molecule has 12 heteroatoms. The zero-order valence-corrected chi connectivity index (χ0v) is 21.4. The lowest BCUT2D eigenvalue weighted by atomic mass is 9.87. The number of rotatable bonds is 6. The number of hydrogen-bond donors (Lipinski definition) is 2. The number of azo groups is 1. The van der Waals surface area contributed by atoms with Crippen LogP contribution in [0.2, 0.25) is 0 Å². The summed E-state index contributed by atoms with van der Waals surface area (Å²) in [5.41, 5.74) is 1.36. The van der Waals surface area contributed by atoms with E-state index in [1.165, 1.54) is 36.7 Å². The van der Waals surface area contributed by atoms with Crippen molar-refractivity contribution >= 4 is 33.3 Å². The molecule has 0 saturated heterocycles. The van der Waals surface area contributed by atoms with Gasteiger partial charge in [0.05, 0.1) is 16.3 Å². The molecule has 190 valence electrons. The molecule has 0 aliphatic heterocycles. The van der Waals surface area contributed by atoms with E-state index >= 15 is 0 Å². The SMILES string of the molecule is Cc1[nH]n(C(=O)c2ccc(C(C)(C)C)cc2)c(=O)c1N=Nc1ccc(S(=O)(=O)Nc2ncccn2)cc1. The van der Waals surface area contributed by atoms with E-state index < -0.39 is 21.5 Å². The molecule has 0 atom stereocenters. The average Bonchev–Trinajstić information content (AvgIpc) is 3.15. The number of aryl methyl sites for hydroxylation is 1. The minimum Gasteiger partial charge on any atom is -0.290 e. The Morgan fingerprint density at radius 1 is 0.973 bits per heavy atom. The van der Waals surface area contributed by atoms with Gasteiger partial charge in [0, 0.05) is 18.0 Å². The van der Waals surface area contributed by atoms with Gasteiger partial charge in [-0.05, 0) is 60.4 Å². The molecule has 4 rings (SSSR count). The van der Waals surface area contributed by atoms with E-state index in [9.17, 15) is 18.0 Å². The Hall–Kier alpha value is -4.45. The standard InChI is InChI=1S/C25H25N7O4S/c1-16-21(23(34)32(30-16)22(33)17-6-8-18(9-7-17)25(2,3)4)29-28-19-10-12-20(13-11-19)37(35,36)31-24-26-14-5-15-27-24/h5-15,30H,1-4H3,(H,26,27,31). The fourth-order valence-electron chi connectivity index (χ4n) is 3.37. The number of nitrogens with one attached hydrogen (secondary N) is 2. The minimum atomic E-state index is -3.90. The molecule has 0 saturated carbocycles.